The zero-order chi connectivity index (χ0) is 13.3. The van der Waals surface area contributed by atoms with Crippen LogP contribution in [0.2, 0.25) is 0 Å². The Balaban J connectivity index is 2.46. The van der Waals surface area contributed by atoms with Crippen LogP contribution in [0.3, 0.4) is 0 Å². The summed E-state index contributed by atoms with van der Waals surface area (Å²) in [7, 11) is 1.64. The van der Waals surface area contributed by atoms with Gasteiger partial charge in [-0.2, -0.15) is 0 Å². The van der Waals surface area contributed by atoms with Gasteiger partial charge in [0.15, 0.2) is 0 Å². The number of ether oxygens (including phenoxy) is 1. The third-order valence-corrected chi connectivity index (χ3v) is 3.43. The SMILES string of the molecule is COc1ccc(-c2ncn(C(C)C)c2N)cc1Br. The van der Waals surface area contributed by atoms with E-state index in [9.17, 15) is 0 Å². The summed E-state index contributed by atoms with van der Waals surface area (Å²) in [5, 5.41) is 0. The molecule has 0 bridgehead atoms. The Morgan fingerprint density at radius 1 is 1.39 bits per heavy atom. The first-order chi connectivity index (χ1) is 8.54. The maximum absolute atomic E-state index is 6.11. The average Bonchev–Trinajstić information content (AvgIpc) is 2.71. The zero-order valence-electron chi connectivity index (χ0n) is 10.6. The number of halogens is 1. The molecular weight excluding hydrogens is 294 g/mol. The molecule has 1 aromatic carbocycles. The lowest BCUT2D eigenvalue weighted by atomic mass is 10.1. The van der Waals surface area contributed by atoms with Gasteiger partial charge >= 0.3 is 0 Å². The normalized spacial score (nSPS) is 10.9. The van der Waals surface area contributed by atoms with Crippen molar-refractivity contribution >= 4 is 21.7 Å². The monoisotopic (exact) mass is 309 g/mol. The molecule has 0 atom stereocenters. The highest BCUT2D eigenvalue weighted by molar-refractivity contribution is 9.10. The fraction of sp³-hybridized carbons (Fsp3) is 0.308. The van der Waals surface area contributed by atoms with Crippen molar-refractivity contribution in [3.8, 4) is 17.0 Å². The van der Waals surface area contributed by atoms with Gasteiger partial charge in [0.1, 0.15) is 17.3 Å². The minimum atomic E-state index is 0.299. The lowest BCUT2D eigenvalue weighted by molar-refractivity contribution is 0.412. The second kappa shape index (κ2) is 5.02. The van der Waals surface area contributed by atoms with Crippen LogP contribution in [0.5, 0.6) is 5.75 Å². The Bertz CT molecular complexity index is 563. The van der Waals surface area contributed by atoms with E-state index in [0.29, 0.717) is 11.9 Å². The van der Waals surface area contributed by atoms with Crippen molar-refractivity contribution in [3.05, 3.63) is 29.0 Å². The first-order valence-electron chi connectivity index (χ1n) is 5.70. The third-order valence-electron chi connectivity index (χ3n) is 2.81. The van der Waals surface area contributed by atoms with E-state index in [1.165, 1.54) is 0 Å². The second-order valence-electron chi connectivity index (χ2n) is 4.33. The van der Waals surface area contributed by atoms with Gasteiger partial charge in [-0.25, -0.2) is 4.98 Å². The van der Waals surface area contributed by atoms with Gasteiger partial charge in [-0.15, -0.1) is 0 Å². The van der Waals surface area contributed by atoms with E-state index in [0.717, 1.165) is 21.5 Å². The molecule has 0 saturated carbocycles. The largest absolute Gasteiger partial charge is 0.496 e. The van der Waals surface area contributed by atoms with E-state index >= 15 is 0 Å². The van der Waals surface area contributed by atoms with Gasteiger partial charge in [0.05, 0.1) is 17.9 Å². The van der Waals surface area contributed by atoms with Crippen molar-refractivity contribution < 1.29 is 4.74 Å². The lowest BCUT2D eigenvalue weighted by Crippen LogP contribution is -2.04. The molecule has 5 heteroatoms. The summed E-state index contributed by atoms with van der Waals surface area (Å²) < 4.78 is 8.05. The minimum absolute atomic E-state index is 0.299. The number of aromatic nitrogens is 2. The Morgan fingerprint density at radius 3 is 2.61 bits per heavy atom. The van der Waals surface area contributed by atoms with Crippen molar-refractivity contribution in [2.75, 3.05) is 12.8 Å². The summed E-state index contributed by atoms with van der Waals surface area (Å²) in [6.45, 7) is 4.15. The molecule has 2 rings (SSSR count). The third kappa shape index (κ3) is 2.22. The van der Waals surface area contributed by atoms with Crippen LogP contribution in [0.25, 0.3) is 11.3 Å². The number of nitrogen functional groups attached to an aromatic ring is 1. The fourth-order valence-electron chi connectivity index (χ4n) is 1.82. The number of methoxy groups -OCH3 is 1. The first-order valence-corrected chi connectivity index (χ1v) is 6.50. The Morgan fingerprint density at radius 2 is 2.11 bits per heavy atom. The van der Waals surface area contributed by atoms with E-state index in [1.807, 2.05) is 22.8 Å². The molecule has 2 aromatic rings. The molecule has 2 N–H and O–H groups in total. The van der Waals surface area contributed by atoms with Gasteiger partial charge in [-0.05, 0) is 48.0 Å². The number of nitrogens with two attached hydrogens (primary N) is 1. The van der Waals surface area contributed by atoms with Crippen molar-refractivity contribution in [1.82, 2.24) is 9.55 Å². The van der Waals surface area contributed by atoms with E-state index in [-0.39, 0.29) is 0 Å². The van der Waals surface area contributed by atoms with Crippen molar-refractivity contribution in [1.29, 1.82) is 0 Å². The summed E-state index contributed by atoms with van der Waals surface area (Å²) in [6.07, 6.45) is 1.77. The molecule has 0 aliphatic rings. The molecule has 1 aromatic heterocycles. The van der Waals surface area contributed by atoms with Crippen molar-refractivity contribution in [2.45, 2.75) is 19.9 Å². The maximum atomic E-state index is 6.11. The molecule has 0 amide bonds. The number of rotatable bonds is 3. The number of imidazole rings is 1. The van der Waals surface area contributed by atoms with Crippen LogP contribution in [0.4, 0.5) is 5.82 Å². The molecule has 1 heterocycles. The smallest absolute Gasteiger partial charge is 0.133 e. The quantitative estimate of drug-likeness (QED) is 0.944. The number of hydrogen-bond donors (Lipinski definition) is 1. The van der Waals surface area contributed by atoms with Crippen LogP contribution in [0.1, 0.15) is 19.9 Å². The summed E-state index contributed by atoms with van der Waals surface area (Å²) in [5.41, 5.74) is 7.88. The predicted molar refractivity (Wildman–Crippen MR) is 76.7 cm³/mol. The maximum Gasteiger partial charge on any atom is 0.133 e. The molecule has 0 fully saturated rings. The lowest BCUT2D eigenvalue weighted by Gasteiger charge is -2.09. The summed E-state index contributed by atoms with van der Waals surface area (Å²) in [4.78, 5) is 4.38. The molecular formula is C13H16BrN3O. The molecule has 0 aliphatic carbocycles. The Labute approximate surface area is 115 Å². The van der Waals surface area contributed by atoms with E-state index in [2.05, 4.69) is 34.8 Å². The molecule has 4 nitrogen and oxygen atoms in total. The highest BCUT2D eigenvalue weighted by Gasteiger charge is 2.13. The van der Waals surface area contributed by atoms with Gasteiger partial charge in [0.25, 0.3) is 0 Å². The summed E-state index contributed by atoms with van der Waals surface area (Å²) in [5.74, 6) is 1.47. The number of nitrogens with zero attached hydrogens (tertiary/aromatic N) is 2. The molecule has 18 heavy (non-hydrogen) atoms. The van der Waals surface area contributed by atoms with Crippen LogP contribution in [0.15, 0.2) is 29.0 Å². The van der Waals surface area contributed by atoms with E-state index in [1.54, 1.807) is 13.4 Å². The highest BCUT2D eigenvalue weighted by Crippen LogP contribution is 2.32. The average molecular weight is 310 g/mol. The van der Waals surface area contributed by atoms with Crippen molar-refractivity contribution in [3.63, 3.8) is 0 Å². The molecule has 0 unspecified atom stereocenters. The number of hydrogen-bond acceptors (Lipinski definition) is 3. The Kier molecular flexibility index (Phi) is 3.61. The van der Waals surface area contributed by atoms with Gasteiger partial charge in [-0.3, -0.25) is 0 Å². The van der Waals surface area contributed by atoms with Crippen molar-refractivity contribution in [2.24, 2.45) is 0 Å². The molecule has 0 radical (unpaired) electrons. The van der Waals surface area contributed by atoms with Gasteiger partial charge in [-0.1, -0.05) is 0 Å². The van der Waals surface area contributed by atoms with Crippen LogP contribution >= 0.6 is 15.9 Å². The second-order valence-corrected chi connectivity index (χ2v) is 5.18. The van der Waals surface area contributed by atoms with Gasteiger partial charge in [0.2, 0.25) is 0 Å². The minimum Gasteiger partial charge on any atom is -0.496 e. The topological polar surface area (TPSA) is 53.1 Å². The van der Waals surface area contributed by atoms with Crippen LogP contribution in [-0.2, 0) is 0 Å². The van der Waals surface area contributed by atoms with Crippen LogP contribution in [0, 0.1) is 0 Å². The number of anilines is 1. The molecule has 0 aliphatic heterocycles. The number of benzene rings is 1. The molecule has 0 saturated heterocycles. The van der Waals surface area contributed by atoms with E-state index in [4.69, 9.17) is 10.5 Å². The molecule has 96 valence electrons. The first kappa shape index (κ1) is 13.0. The van der Waals surface area contributed by atoms with Gasteiger partial charge in [0, 0.05) is 11.6 Å². The summed E-state index contributed by atoms with van der Waals surface area (Å²) >= 11 is 3.46. The van der Waals surface area contributed by atoms with E-state index < -0.39 is 0 Å². The predicted octanol–water partition coefficient (Wildman–Crippen LogP) is 3.48. The summed E-state index contributed by atoms with van der Waals surface area (Å²) in [6, 6.07) is 6.11. The standard InChI is InChI=1S/C13H16BrN3O/c1-8(2)17-7-16-12(13(17)15)9-4-5-11(18-3)10(14)6-9/h4-8H,15H2,1-3H3. The fourth-order valence-corrected chi connectivity index (χ4v) is 2.36. The highest BCUT2D eigenvalue weighted by atomic mass is 79.9. The van der Waals surface area contributed by atoms with Crippen LogP contribution in [-0.4, -0.2) is 16.7 Å². The Hall–Kier alpha value is -1.49. The van der Waals surface area contributed by atoms with Gasteiger partial charge < -0.3 is 15.0 Å². The van der Waals surface area contributed by atoms with Crippen LogP contribution < -0.4 is 10.5 Å². The zero-order valence-corrected chi connectivity index (χ0v) is 12.2. The molecule has 0 spiro atoms.